The van der Waals surface area contributed by atoms with Gasteiger partial charge in [-0.3, -0.25) is 4.57 Å². The summed E-state index contributed by atoms with van der Waals surface area (Å²) in [6, 6.07) is 6.81. The Morgan fingerprint density at radius 1 is 1.19 bits per heavy atom. The van der Waals surface area contributed by atoms with Crippen LogP contribution in [0.25, 0.3) is 16.9 Å². The molecule has 2 N–H and O–H groups in total. The van der Waals surface area contributed by atoms with Gasteiger partial charge in [0.1, 0.15) is 5.52 Å². The van der Waals surface area contributed by atoms with E-state index >= 15 is 0 Å². The summed E-state index contributed by atoms with van der Waals surface area (Å²) >= 11 is 3.24. The van der Waals surface area contributed by atoms with Gasteiger partial charge in [-0.15, -0.1) is 0 Å². The molecule has 0 fully saturated rings. The predicted molar refractivity (Wildman–Crippen MR) is 76.0 cm³/mol. The molecular weight excluding hydrogens is 349 g/mol. The van der Waals surface area contributed by atoms with Crippen molar-refractivity contribution in [1.29, 1.82) is 0 Å². The number of anilines is 1. The van der Waals surface area contributed by atoms with E-state index in [-0.39, 0.29) is 17.3 Å². The number of benzene rings is 1. The first kappa shape index (κ1) is 13.9. The van der Waals surface area contributed by atoms with Crippen LogP contribution in [0.5, 0.6) is 0 Å². The fourth-order valence-corrected chi connectivity index (χ4v) is 2.42. The molecule has 3 rings (SSSR count). The maximum Gasteiger partial charge on any atom is 0.418 e. The van der Waals surface area contributed by atoms with Crippen LogP contribution >= 0.6 is 15.9 Å². The molecular formula is C13H8BrF3N4. The number of nitrogens with two attached hydrogens (primary N) is 1. The molecule has 0 aliphatic heterocycles. The molecule has 2 aromatic heterocycles. The third-order valence-electron chi connectivity index (χ3n) is 2.94. The van der Waals surface area contributed by atoms with Crippen molar-refractivity contribution in [3.05, 3.63) is 46.6 Å². The van der Waals surface area contributed by atoms with E-state index < -0.39 is 11.7 Å². The van der Waals surface area contributed by atoms with Crippen molar-refractivity contribution in [1.82, 2.24) is 14.5 Å². The Morgan fingerprint density at radius 2 is 1.90 bits per heavy atom. The van der Waals surface area contributed by atoms with Crippen LogP contribution in [0.3, 0.4) is 0 Å². The summed E-state index contributed by atoms with van der Waals surface area (Å²) in [5.41, 5.74) is 5.57. The van der Waals surface area contributed by atoms with E-state index in [4.69, 9.17) is 5.73 Å². The Hall–Kier alpha value is -2.09. The molecule has 0 saturated heterocycles. The average molecular weight is 357 g/mol. The summed E-state index contributed by atoms with van der Waals surface area (Å²) < 4.78 is 41.3. The van der Waals surface area contributed by atoms with E-state index in [1.807, 2.05) is 0 Å². The molecule has 0 saturated carbocycles. The minimum Gasteiger partial charge on any atom is -0.369 e. The van der Waals surface area contributed by atoms with Gasteiger partial charge in [0.15, 0.2) is 5.65 Å². The highest BCUT2D eigenvalue weighted by molar-refractivity contribution is 9.10. The van der Waals surface area contributed by atoms with E-state index in [9.17, 15) is 13.2 Å². The largest absolute Gasteiger partial charge is 0.418 e. The second-order valence-corrected chi connectivity index (χ2v) is 5.23. The molecule has 0 radical (unpaired) electrons. The van der Waals surface area contributed by atoms with Crippen LogP contribution < -0.4 is 5.73 Å². The highest BCUT2D eigenvalue weighted by Crippen LogP contribution is 2.35. The number of hydrogen-bond acceptors (Lipinski definition) is 3. The predicted octanol–water partition coefficient (Wildman–Crippen LogP) is 3.78. The third-order valence-corrected chi connectivity index (χ3v) is 3.37. The number of nitrogens with zero attached hydrogens (tertiary/aromatic N) is 3. The number of hydrogen-bond donors (Lipinski definition) is 1. The Bertz CT molecular complexity index is 826. The third kappa shape index (κ3) is 2.35. The van der Waals surface area contributed by atoms with Crippen LogP contribution in [-0.4, -0.2) is 14.5 Å². The van der Waals surface area contributed by atoms with E-state index in [0.717, 1.165) is 6.07 Å². The van der Waals surface area contributed by atoms with Crippen LogP contribution in [0.1, 0.15) is 5.56 Å². The van der Waals surface area contributed by atoms with Crippen LogP contribution in [0.2, 0.25) is 0 Å². The maximum absolute atomic E-state index is 13.1. The fourth-order valence-electron chi connectivity index (χ4n) is 2.10. The highest BCUT2D eigenvalue weighted by Gasteiger charge is 2.34. The second kappa shape index (κ2) is 4.73. The lowest BCUT2D eigenvalue weighted by Gasteiger charge is -2.14. The topological polar surface area (TPSA) is 56.7 Å². The zero-order chi connectivity index (χ0) is 15.2. The number of pyridine rings is 1. The van der Waals surface area contributed by atoms with Gasteiger partial charge < -0.3 is 5.73 Å². The van der Waals surface area contributed by atoms with Crippen LogP contribution in [0.4, 0.5) is 19.1 Å². The van der Waals surface area contributed by atoms with Gasteiger partial charge in [-0.1, -0.05) is 12.1 Å². The monoisotopic (exact) mass is 356 g/mol. The number of para-hydroxylation sites is 1. The van der Waals surface area contributed by atoms with Crippen molar-refractivity contribution in [2.45, 2.75) is 6.18 Å². The molecule has 0 atom stereocenters. The summed E-state index contributed by atoms with van der Waals surface area (Å²) in [6.07, 6.45) is -3.01. The van der Waals surface area contributed by atoms with Crippen LogP contribution in [0, 0.1) is 0 Å². The normalized spacial score (nSPS) is 12.0. The SMILES string of the molecule is Nc1nc2cc(Br)cnc2n1-c1ccccc1C(F)(F)F. The number of imidazole rings is 1. The first-order chi connectivity index (χ1) is 9.88. The molecule has 3 aromatic rings. The average Bonchev–Trinajstić information content (AvgIpc) is 2.72. The fraction of sp³-hybridized carbons (Fsp3) is 0.0769. The number of nitrogen functional groups attached to an aromatic ring is 1. The minimum atomic E-state index is -4.49. The Kier molecular flexibility index (Phi) is 3.12. The summed E-state index contributed by atoms with van der Waals surface area (Å²) in [4.78, 5) is 8.16. The molecule has 0 amide bonds. The van der Waals surface area contributed by atoms with Gasteiger partial charge in [-0.25, -0.2) is 9.97 Å². The van der Waals surface area contributed by atoms with Gasteiger partial charge in [-0.2, -0.15) is 13.2 Å². The Balaban J connectivity index is 2.34. The zero-order valence-electron chi connectivity index (χ0n) is 10.4. The van der Waals surface area contributed by atoms with Crippen molar-refractivity contribution >= 4 is 33.0 Å². The summed E-state index contributed by atoms with van der Waals surface area (Å²) in [5, 5.41) is 0. The highest BCUT2D eigenvalue weighted by atomic mass is 79.9. The number of alkyl halides is 3. The zero-order valence-corrected chi connectivity index (χ0v) is 12.0. The second-order valence-electron chi connectivity index (χ2n) is 4.32. The molecule has 2 heterocycles. The summed E-state index contributed by atoms with van der Waals surface area (Å²) in [5.74, 6) is -0.0488. The van der Waals surface area contributed by atoms with E-state index in [1.165, 1.54) is 29.0 Å². The molecule has 0 unspecified atom stereocenters. The molecule has 108 valence electrons. The lowest BCUT2D eigenvalue weighted by molar-refractivity contribution is -0.137. The minimum absolute atomic E-state index is 0.0488. The van der Waals surface area contributed by atoms with Crippen molar-refractivity contribution in [2.75, 3.05) is 5.73 Å². The number of halogens is 4. The van der Waals surface area contributed by atoms with Crippen molar-refractivity contribution in [3.63, 3.8) is 0 Å². The van der Waals surface area contributed by atoms with Gasteiger partial charge in [0.25, 0.3) is 0 Å². The first-order valence-electron chi connectivity index (χ1n) is 5.84. The van der Waals surface area contributed by atoms with Crippen LogP contribution in [-0.2, 0) is 6.18 Å². The maximum atomic E-state index is 13.1. The van der Waals surface area contributed by atoms with Crippen molar-refractivity contribution < 1.29 is 13.2 Å². The number of rotatable bonds is 1. The van der Waals surface area contributed by atoms with Crippen molar-refractivity contribution in [2.24, 2.45) is 0 Å². The van der Waals surface area contributed by atoms with Gasteiger partial charge in [0.05, 0.1) is 11.3 Å². The molecule has 0 aliphatic rings. The summed E-state index contributed by atoms with van der Waals surface area (Å²) in [7, 11) is 0. The number of aromatic nitrogens is 3. The van der Waals surface area contributed by atoms with Gasteiger partial charge in [0, 0.05) is 10.7 Å². The molecule has 0 bridgehead atoms. The smallest absolute Gasteiger partial charge is 0.369 e. The molecule has 8 heteroatoms. The molecule has 0 aliphatic carbocycles. The van der Waals surface area contributed by atoms with Gasteiger partial charge in [0.2, 0.25) is 5.95 Å². The first-order valence-corrected chi connectivity index (χ1v) is 6.63. The molecule has 21 heavy (non-hydrogen) atoms. The van der Waals surface area contributed by atoms with Gasteiger partial charge in [-0.05, 0) is 34.1 Å². The lowest BCUT2D eigenvalue weighted by Crippen LogP contribution is -2.12. The van der Waals surface area contributed by atoms with Gasteiger partial charge >= 0.3 is 6.18 Å². The molecule has 0 spiro atoms. The van der Waals surface area contributed by atoms with E-state index in [1.54, 1.807) is 6.07 Å². The Labute approximate surface area is 125 Å². The number of fused-ring (bicyclic) bond motifs is 1. The Morgan fingerprint density at radius 3 is 2.62 bits per heavy atom. The lowest BCUT2D eigenvalue weighted by atomic mass is 10.1. The van der Waals surface area contributed by atoms with Crippen molar-refractivity contribution in [3.8, 4) is 5.69 Å². The van der Waals surface area contributed by atoms with Crippen LogP contribution in [0.15, 0.2) is 41.0 Å². The summed E-state index contributed by atoms with van der Waals surface area (Å²) in [6.45, 7) is 0. The molecule has 4 nitrogen and oxygen atoms in total. The molecule has 1 aromatic carbocycles. The quantitative estimate of drug-likeness (QED) is 0.721. The van der Waals surface area contributed by atoms with E-state index in [0.29, 0.717) is 9.99 Å². The standard InChI is InChI=1S/C13H8BrF3N4/c14-7-5-9-11(19-6-7)21(12(18)20-9)10-4-2-1-3-8(10)13(15,16)17/h1-6H,(H2,18,20). The van der Waals surface area contributed by atoms with E-state index in [2.05, 4.69) is 25.9 Å².